The number of nitrogens with one attached hydrogen (secondary N) is 2. The Kier molecular flexibility index (Phi) is 2.86. The Morgan fingerprint density at radius 2 is 1.88 bits per heavy atom. The highest BCUT2D eigenvalue weighted by Gasteiger charge is 2.54. The highest BCUT2D eigenvalue weighted by atomic mass is 19.1. The van der Waals surface area contributed by atoms with Crippen LogP contribution in [0.3, 0.4) is 0 Å². The highest BCUT2D eigenvalue weighted by molar-refractivity contribution is 6.14. The van der Waals surface area contributed by atoms with Gasteiger partial charge in [-0.05, 0) is 29.8 Å². The first-order valence-electron chi connectivity index (χ1n) is 8.15. The second-order valence-corrected chi connectivity index (χ2v) is 6.43. The number of benzene rings is 2. The summed E-state index contributed by atoms with van der Waals surface area (Å²) in [7, 11) is 0. The third-order valence-corrected chi connectivity index (χ3v) is 4.99. The number of rotatable bonds is 1. The lowest BCUT2D eigenvalue weighted by molar-refractivity contribution is -0.125. The van der Waals surface area contributed by atoms with Gasteiger partial charge in [-0.25, -0.2) is 9.07 Å². The van der Waals surface area contributed by atoms with Gasteiger partial charge in [0.2, 0.25) is 11.8 Å². The number of para-hydroxylation sites is 1. The van der Waals surface area contributed by atoms with Crippen molar-refractivity contribution in [2.75, 3.05) is 10.6 Å². The maximum Gasteiger partial charge on any atom is 0.240 e. The number of carbonyl (C=O) groups is 2. The molecule has 0 radical (unpaired) electrons. The molecule has 1 atom stereocenters. The zero-order chi connectivity index (χ0) is 17.9. The van der Waals surface area contributed by atoms with Crippen LogP contribution in [-0.2, 0) is 15.0 Å². The van der Waals surface area contributed by atoms with E-state index in [0.717, 1.165) is 5.56 Å². The van der Waals surface area contributed by atoms with E-state index in [1.807, 2.05) is 24.3 Å². The van der Waals surface area contributed by atoms with Crippen LogP contribution in [0.1, 0.15) is 17.5 Å². The third kappa shape index (κ3) is 1.82. The molecule has 5 rings (SSSR count). The van der Waals surface area contributed by atoms with Crippen LogP contribution in [0.2, 0.25) is 0 Å². The molecule has 2 amide bonds. The molecular weight excluding hydrogens is 335 g/mol. The van der Waals surface area contributed by atoms with E-state index in [-0.39, 0.29) is 18.2 Å². The molecule has 2 N–H and O–H groups in total. The van der Waals surface area contributed by atoms with Gasteiger partial charge in [0, 0.05) is 17.7 Å². The summed E-state index contributed by atoms with van der Waals surface area (Å²) in [5.41, 5.74) is 1.38. The minimum Gasteiger partial charge on any atom is -0.325 e. The second kappa shape index (κ2) is 5.01. The smallest absolute Gasteiger partial charge is 0.240 e. The Hall–Kier alpha value is -3.48. The molecule has 3 aromatic rings. The number of carbonyl (C=O) groups excluding carboxylic acids is 2. The van der Waals surface area contributed by atoms with Crippen molar-refractivity contribution in [3.05, 3.63) is 71.7 Å². The Balaban J connectivity index is 1.77. The fourth-order valence-electron chi connectivity index (χ4n) is 3.86. The Morgan fingerprint density at radius 3 is 2.73 bits per heavy atom. The quantitative estimate of drug-likeness (QED) is 0.710. The van der Waals surface area contributed by atoms with Gasteiger partial charge in [-0.3, -0.25) is 9.59 Å². The zero-order valence-electron chi connectivity index (χ0n) is 13.5. The van der Waals surface area contributed by atoms with E-state index in [1.165, 1.54) is 16.8 Å². The molecule has 1 aromatic heterocycles. The fraction of sp³-hybridized carbons (Fsp3) is 0.105. The molecule has 7 heteroatoms. The molecule has 6 nitrogen and oxygen atoms in total. The number of nitrogens with zero attached hydrogens (tertiary/aromatic N) is 2. The molecule has 2 aromatic carbocycles. The molecule has 0 saturated heterocycles. The first-order chi connectivity index (χ1) is 12.6. The molecule has 128 valence electrons. The van der Waals surface area contributed by atoms with Gasteiger partial charge in [-0.1, -0.05) is 24.3 Å². The van der Waals surface area contributed by atoms with E-state index in [9.17, 15) is 14.0 Å². The maximum absolute atomic E-state index is 13.6. The summed E-state index contributed by atoms with van der Waals surface area (Å²) in [6.45, 7) is 0. The summed E-state index contributed by atoms with van der Waals surface area (Å²) in [4.78, 5) is 25.4. The topological polar surface area (TPSA) is 76.0 Å². The van der Waals surface area contributed by atoms with Crippen LogP contribution in [0, 0.1) is 5.82 Å². The predicted octanol–water partition coefficient (Wildman–Crippen LogP) is 2.59. The Bertz CT molecular complexity index is 1090. The monoisotopic (exact) mass is 348 g/mol. The first kappa shape index (κ1) is 14.8. The van der Waals surface area contributed by atoms with Crippen molar-refractivity contribution < 1.29 is 14.0 Å². The van der Waals surface area contributed by atoms with E-state index in [1.54, 1.807) is 18.3 Å². The highest BCUT2D eigenvalue weighted by Crippen LogP contribution is 2.49. The predicted molar refractivity (Wildman–Crippen MR) is 92.6 cm³/mol. The maximum atomic E-state index is 13.6. The number of fused-ring (bicyclic) bond motifs is 4. The van der Waals surface area contributed by atoms with Gasteiger partial charge in [-0.15, -0.1) is 0 Å². The lowest BCUT2D eigenvalue weighted by Gasteiger charge is -2.31. The minimum absolute atomic E-state index is 0.00229. The minimum atomic E-state index is -1.13. The number of hydrogen-bond acceptors (Lipinski definition) is 3. The zero-order valence-corrected chi connectivity index (χ0v) is 13.5. The van der Waals surface area contributed by atoms with Crippen LogP contribution in [0.5, 0.6) is 0 Å². The second-order valence-electron chi connectivity index (χ2n) is 6.43. The number of hydrogen-bond donors (Lipinski definition) is 2. The van der Waals surface area contributed by atoms with E-state index in [2.05, 4.69) is 15.7 Å². The van der Waals surface area contributed by atoms with Crippen molar-refractivity contribution in [1.29, 1.82) is 0 Å². The van der Waals surface area contributed by atoms with Crippen LogP contribution >= 0.6 is 0 Å². The number of anilines is 2. The third-order valence-electron chi connectivity index (χ3n) is 4.99. The summed E-state index contributed by atoms with van der Waals surface area (Å²) >= 11 is 0. The normalized spacial score (nSPS) is 20.5. The lowest BCUT2D eigenvalue weighted by Crippen LogP contribution is -2.43. The van der Waals surface area contributed by atoms with Crippen molar-refractivity contribution in [3.8, 4) is 5.69 Å². The molecule has 2 aliphatic rings. The number of halogens is 1. The molecule has 1 spiro atoms. The van der Waals surface area contributed by atoms with Crippen LogP contribution < -0.4 is 10.6 Å². The summed E-state index contributed by atoms with van der Waals surface area (Å²) in [6, 6.07) is 13.2. The van der Waals surface area contributed by atoms with Crippen LogP contribution in [0.4, 0.5) is 15.9 Å². The van der Waals surface area contributed by atoms with Crippen molar-refractivity contribution in [2.24, 2.45) is 0 Å². The van der Waals surface area contributed by atoms with Gasteiger partial charge in [0.15, 0.2) is 0 Å². The van der Waals surface area contributed by atoms with Crippen molar-refractivity contribution in [1.82, 2.24) is 9.78 Å². The molecule has 0 fully saturated rings. The molecule has 0 bridgehead atoms. The molecule has 1 unspecified atom stereocenters. The summed E-state index contributed by atoms with van der Waals surface area (Å²) in [5.74, 6) is -0.567. The summed E-state index contributed by atoms with van der Waals surface area (Å²) in [6.07, 6.45) is 1.57. The van der Waals surface area contributed by atoms with Gasteiger partial charge in [0.25, 0.3) is 0 Å². The van der Waals surface area contributed by atoms with Gasteiger partial charge in [0.05, 0.1) is 11.9 Å². The van der Waals surface area contributed by atoms with Gasteiger partial charge in [0.1, 0.15) is 17.1 Å². The van der Waals surface area contributed by atoms with Crippen LogP contribution in [-0.4, -0.2) is 21.6 Å². The van der Waals surface area contributed by atoms with E-state index in [4.69, 9.17) is 0 Å². The number of amides is 2. The van der Waals surface area contributed by atoms with Crippen LogP contribution in [0.15, 0.2) is 54.7 Å². The lowest BCUT2D eigenvalue weighted by atomic mass is 9.72. The molecule has 0 saturated carbocycles. The molecule has 2 aliphatic heterocycles. The van der Waals surface area contributed by atoms with Gasteiger partial charge in [-0.2, -0.15) is 5.10 Å². The van der Waals surface area contributed by atoms with Crippen LogP contribution in [0.25, 0.3) is 5.69 Å². The van der Waals surface area contributed by atoms with E-state index in [0.29, 0.717) is 22.8 Å². The largest absolute Gasteiger partial charge is 0.325 e. The molecule has 3 heterocycles. The SMILES string of the molecule is O=C1CC2(C(=O)Nc3ccccc32)c2cnn(-c3cccc(F)c3)c2N1. The molecule has 0 aliphatic carbocycles. The summed E-state index contributed by atoms with van der Waals surface area (Å²) < 4.78 is 15.1. The van der Waals surface area contributed by atoms with Crippen molar-refractivity contribution >= 4 is 23.3 Å². The van der Waals surface area contributed by atoms with Gasteiger partial charge >= 0.3 is 0 Å². The Labute approximate surface area is 147 Å². The number of aromatic nitrogens is 2. The molecular formula is C19H13FN4O2. The average molecular weight is 348 g/mol. The standard InChI is InChI=1S/C19H13FN4O2/c20-11-4-3-5-12(8-11)24-17-14(10-21-24)19(9-16(25)23-17)13-6-1-2-7-15(13)22-18(19)26/h1-8,10H,9H2,(H,22,26)(H,23,25). The summed E-state index contributed by atoms with van der Waals surface area (Å²) in [5, 5.41) is 9.97. The van der Waals surface area contributed by atoms with Crippen molar-refractivity contribution in [3.63, 3.8) is 0 Å². The average Bonchev–Trinajstić information content (AvgIpc) is 3.16. The van der Waals surface area contributed by atoms with Crippen molar-refractivity contribution in [2.45, 2.75) is 11.8 Å². The molecule has 26 heavy (non-hydrogen) atoms. The Morgan fingerprint density at radius 1 is 1.04 bits per heavy atom. The van der Waals surface area contributed by atoms with E-state index >= 15 is 0 Å². The van der Waals surface area contributed by atoms with Gasteiger partial charge < -0.3 is 10.6 Å². The van der Waals surface area contributed by atoms with E-state index < -0.39 is 11.2 Å². The first-order valence-corrected chi connectivity index (χ1v) is 8.15. The fourth-order valence-corrected chi connectivity index (χ4v) is 3.86.